The molecule has 17 heteroatoms. The number of hydrogen-bond donors (Lipinski definition) is 2. The highest BCUT2D eigenvalue weighted by Gasteiger charge is 2.27. The Morgan fingerprint density at radius 1 is 1.05 bits per heavy atom. The SMILES string of the molecule is Cc1c(-c2cc(C(F)F)nc3sc(C(N)=O)c(NC(=O)c4ccc(Cn5nc(C(F)F)cc5C(F)F)o4)c23)cnn1C. The van der Waals surface area contributed by atoms with Gasteiger partial charge in [-0.15, -0.1) is 11.3 Å². The number of furan rings is 1. The third-order valence-electron chi connectivity index (χ3n) is 6.36. The number of nitrogens with zero attached hydrogens (tertiary/aromatic N) is 5. The molecule has 0 aromatic carbocycles. The quantitative estimate of drug-likeness (QED) is 0.196. The molecule has 0 unspecified atom stereocenters. The van der Waals surface area contributed by atoms with Gasteiger partial charge in [0.25, 0.3) is 31.1 Å². The van der Waals surface area contributed by atoms with Crippen LogP contribution in [0.5, 0.6) is 0 Å². The minimum Gasteiger partial charge on any atom is -0.454 e. The predicted octanol–water partition coefficient (Wildman–Crippen LogP) is 6.01. The topological polar surface area (TPSA) is 134 Å². The molecule has 5 aromatic rings. The number of primary amides is 1. The highest BCUT2D eigenvalue weighted by atomic mass is 32.1. The van der Waals surface area contributed by atoms with Crippen molar-refractivity contribution in [3.63, 3.8) is 0 Å². The molecule has 5 rings (SSSR count). The Bertz CT molecular complexity index is 1820. The van der Waals surface area contributed by atoms with Crippen LogP contribution in [0.2, 0.25) is 0 Å². The second-order valence-corrected chi connectivity index (χ2v) is 9.99. The van der Waals surface area contributed by atoms with Gasteiger partial charge in [0.2, 0.25) is 0 Å². The molecule has 220 valence electrons. The van der Waals surface area contributed by atoms with E-state index in [0.29, 0.717) is 33.3 Å². The lowest BCUT2D eigenvalue weighted by molar-refractivity contribution is 0.0994. The van der Waals surface area contributed by atoms with E-state index in [1.54, 1.807) is 14.0 Å². The van der Waals surface area contributed by atoms with Crippen molar-refractivity contribution in [2.45, 2.75) is 32.7 Å². The number of amides is 2. The number of thiophene rings is 1. The van der Waals surface area contributed by atoms with Crippen molar-refractivity contribution in [2.24, 2.45) is 12.8 Å². The van der Waals surface area contributed by atoms with E-state index in [4.69, 9.17) is 10.2 Å². The molecule has 3 N–H and O–H groups in total. The summed E-state index contributed by atoms with van der Waals surface area (Å²) in [5, 5.41) is 10.3. The number of nitrogens with one attached hydrogen (secondary N) is 1. The van der Waals surface area contributed by atoms with Gasteiger partial charge in [0.05, 0.1) is 18.4 Å². The number of halogens is 6. The molecule has 0 aliphatic heterocycles. The van der Waals surface area contributed by atoms with Gasteiger partial charge in [-0.3, -0.25) is 19.0 Å². The van der Waals surface area contributed by atoms with Crippen LogP contribution >= 0.6 is 11.3 Å². The Kier molecular flexibility index (Phi) is 7.53. The van der Waals surface area contributed by atoms with Crippen LogP contribution in [0.3, 0.4) is 0 Å². The number of carbonyl (C=O) groups is 2. The second-order valence-electron chi connectivity index (χ2n) is 8.99. The molecule has 0 aliphatic carbocycles. The molecule has 10 nitrogen and oxygen atoms in total. The van der Waals surface area contributed by atoms with Crippen molar-refractivity contribution >= 4 is 39.1 Å². The van der Waals surface area contributed by atoms with Crippen LogP contribution in [-0.4, -0.2) is 36.4 Å². The highest BCUT2D eigenvalue weighted by Crippen LogP contribution is 2.43. The number of nitrogens with two attached hydrogens (primary N) is 1. The van der Waals surface area contributed by atoms with Crippen LogP contribution in [0.1, 0.15) is 68.0 Å². The Hall–Kier alpha value is -4.67. The van der Waals surface area contributed by atoms with E-state index in [9.17, 15) is 35.9 Å². The number of aromatic nitrogens is 5. The molecule has 0 radical (unpaired) electrons. The first-order chi connectivity index (χ1) is 19.8. The van der Waals surface area contributed by atoms with E-state index in [1.807, 2.05) is 0 Å². The lowest BCUT2D eigenvalue weighted by Crippen LogP contribution is -2.16. The minimum absolute atomic E-state index is 0.00309. The number of alkyl halides is 6. The predicted molar refractivity (Wildman–Crippen MR) is 138 cm³/mol. The third-order valence-corrected chi connectivity index (χ3v) is 7.46. The fraction of sp³-hybridized carbons (Fsp3) is 0.240. The minimum atomic E-state index is -3.10. The monoisotopic (exact) mass is 611 g/mol. The van der Waals surface area contributed by atoms with Crippen molar-refractivity contribution in [3.8, 4) is 11.1 Å². The summed E-state index contributed by atoms with van der Waals surface area (Å²) < 4.78 is 87.7. The van der Waals surface area contributed by atoms with Gasteiger partial charge in [-0.1, -0.05) is 0 Å². The average Bonchev–Trinajstić information content (AvgIpc) is 3.71. The number of pyridine rings is 1. The summed E-state index contributed by atoms with van der Waals surface area (Å²) in [6, 6.07) is 4.17. The zero-order valence-corrected chi connectivity index (χ0v) is 22.4. The van der Waals surface area contributed by atoms with Gasteiger partial charge in [-0.25, -0.2) is 31.3 Å². The first kappa shape index (κ1) is 28.8. The number of aryl methyl sites for hydroxylation is 1. The molecule has 0 saturated carbocycles. The van der Waals surface area contributed by atoms with Crippen molar-refractivity contribution in [2.75, 3.05) is 5.32 Å². The van der Waals surface area contributed by atoms with Crippen molar-refractivity contribution in [3.05, 3.63) is 69.6 Å². The maximum atomic E-state index is 13.7. The highest BCUT2D eigenvalue weighted by molar-refractivity contribution is 7.21. The van der Waals surface area contributed by atoms with Gasteiger partial charge in [-0.2, -0.15) is 10.2 Å². The zero-order valence-electron chi connectivity index (χ0n) is 21.5. The second kappa shape index (κ2) is 11.0. The molecule has 0 spiro atoms. The van der Waals surface area contributed by atoms with Gasteiger partial charge >= 0.3 is 0 Å². The third kappa shape index (κ3) is 5.22. The van der Waals surface area contributed by atoms with Crippen molar-refractivity contribution in [1.82, 2.24) is 24.5 Å². The molecule has 42 heavy (non-hydrogen) atoms. The maximum Gasteiger partial charge on any atom is 0.291 e. The normalized spacial score (nSPS) is 11.9. The van der Waals surface area contributed by atoms with Gasteiger partial charge in [-0.05, 0) is 36.8 Å². The summed E-state index contributed by atoms with van der Waals surface area (Å²) >= 11 is 0.703. The van der Waals surface area contributed by atoms with E-state index >= 15 is 0 Å². The Morgan fingerprint density at radius 3 is 2.36 bits per heavy atom. The van der Waals surface area contributed by atoms with Crippen LogP contribution in [0.25, 0.3) is 21.3 Å². The summed E-state index contributed by atoms with van der Waals surface area (Å²) in [7, 11) is 1.65. The Morgan fingerprint density at radius 2 is 1.76 bits per heavy atom. The average molecular weight is 612 g/mol. The van der Waals surface area contributed by atoms with Gasteiger partial charge in [0.15, 0.2) is 5.76 Å². The first-order valence-corrected chi connectivity index (χ1v) is 12.8. The number of carbonyl (C=O) groups excluding carboxylic acids is 2. The van der Waals surface area contributed by atoms with Gasteiger partial charge < -0.3 is 15.5 Å². The molecule has 0 saturated heterocycles. The number of fused-ring (bicyclic) bond motifs is 1. The molecule has 5 heterocycles. The maximum absolute atomic E-state index is 13.7. The zero-order chi connectivity index (χ0) is 30.5. The van der Waals surface area contributed by atoms with E-state index < -0.39 is 54.7 Å². The molecule has 2 amide bonds. The standard InChI is InChI=1S/C25H19F6N7O3S/c1-9-12(7-33-37(9)2)11-5-13(20(26)27)34-25-17(11)18(19(42-25)23(32)39)35-24(40)16-4-3-10(41-16)8-38-15(22(30)31)6-14(36-38)21(28)29/h3-7,20-22H,8H2,1-2H3,(H2,32,39)(H,35,40). The van der Waals surface area contributed by atoms with Gasteiger partial charge in [0, 0.05) is 23.7 Å². The van der Waals surface area contributed by atoms with E-state index in [0.717, 1.165) is 6.07 Å². The molecule has 0 atom stereocenters. The van der Waals surface area contributed by atoms with E-state index in [2.05, 4.69) is 20.5 Å². The summed E-state index contributed by atoms with van der Waals surface area (Å²) in [6.07, 6.45) is -7.68. The van der Waals surface area contributed by atoms with E-state index in [-0.39, 0.29) is 37.9 Å². The summed E-state index contributed by atoms with van der Waals surface area (Å²) in [5.41, 5.74) is 4.51. The van der Waals surface area contributed by atoms with Gasteiger partial charge in [0.1, 0.15) is 32.5 Å². The van der Waals surface area contributed by atoms with Crippen LogP contribution in [0, 0.1) is 6.92 Å². The van der Waals surface area contributed by atoms with Crippen LogP contribution in [-0.2, 0) is 13.6 Å². The van der Waals surface area contributed by atoms with Crippen LogP contribution in [0.4, 0.5) is 32.0 Å². The fourth-order valence-corrected chi connectivity index (χ4v) is 5.28. The largest absolute Gasteiger partial charge is 0.454 e. The summed E-state index contributed by atoms with van der Waals surface area (Å²) in [5.74, 6) is -2.27. The molecule has 0 aliphatic rings. The Labute approximate surface area is 235 Å². The summed E-state index contributed by atoms with van der Waals surface area (Å²) in [4.78, 5) is 29.3. The molecule has 0 fully saturated rings. The lowest BCUT2D eigenvalue weighted by Gasteiger charge is -2.10. The number of rotatable bonds is 9. The van der Waals surface area contributed by atoms with Crippen molar-refractivity contribution in [1.29, 1.82) is 0 Å². The van der Waals surface area contributed by atoms with E-state index in [1.165, 1.54) is 23.0 Å². The van der Waals surface area contributed by atoms with Crippen LogP contribution in [0.15, 0.2) is 34.9 Å². The number of hydrogen-bond acceptors (Lipinski definition) is 7. The summed E-state index contributed by atoms with van der Waals surface area (Å²) in [6.45, 7) is 1.21. The molecule has 5 aromatic heterocycles. The molecular formula is C25H19F6N7O3S. The Balaban J connectivity index is 1.54. The molecule has 0 bridgehead atoms. The molecular weight excluding hydrogens is 592 g/mol. The van der Waals surface area contributed by atoms with Crippen molar-refractivity contribution < 1.29 is 40.3 Å². The fourth-order valence-electron chi connectivity index (χ4n) is 4.27. The van der Waals surface area contributed by atoms with Crippen LogP contribution < -0.4 is 11.1 Å². The number of anilines is 1. The smallest absolute Gasteiger partial charge is 0.291 e. The first-order valence-electron chi connectivity index (χ1n) is 11.9. The lowest BCUT2D eigenvalue weighted by atomic mass is 10.0.